The average Bonchev–Trinajstić information content (AvgIpc) is 3.32. The quantitative estimate of drug-likeness (QED) is 0.762. The molecule has 0 radical (unpaired) electrons. The topological polar surface area (TPSA) is 59.0 Å². The molecule has 7 atom stereocenters. The van der Waals surface area contributed by atoms with E-state index >= 15 is 0 Å². The molecule has 0 unspecified atom stereocenters. The van der Waals surface area contributed by atoms with Gasteiger partial charge in [-0.25, -0.2) is 0 Å². The van der Waals surface area contributed by atoms with Crippen molar-refractivity contribution in [2.45, 2.75) is 83.7 Å². The molecule has 4 fully saturated rings. The minimum Gasteiger partial charge on any atom is -0.393 e. The molecule has 2 saturated heterocycles. The van der Waals surface area contributed by atoms with Crippen LogP contribution in [0.3, 0.4) is 0 Å². The number of nitrogens with zero attached hydrogens (tertiary/aromatic N) is 1. The zero-order valence-corrected chi connectivity index (χ0v) is 19.7. The van der Waals surface area contributed by atoms with E-state index in [-0.39, 0.29) is 41.2 Å². The second-order valence-corrected chi connectivity index (χ2v) is 11.2. The molecule has 2 saturated carbocycles. The van der Waals surface area contributed by atoms with E-state index < -0.39 is 0 Å². The van der Waals surface area contributed by atoms with Gasteiger partial charge in [-0.15, -0.1) is 0 Å². The lowest BCUT2D eigenvalue weighted by Gasteiger charge is -2.63. The Kier molecular flexibility index (Phi) is 6.10. The second kappa shape index (κ2) is 8.73. The number of likely N-dealkylation sites (tertiary alicyclic amines) is 1. The Bertz CT molecular complexity index is 809. The van der Waals surface area contributed by atoms with Crippen LogP contribution in [0, 0.1) is 22.7 Å². The number of amides is 1. The molecule has 1 aromatic rings. The molecule has 0 spiro atoms. The van der Waals surface area contributed by atoms with E-state index in [2.05, 4.69) is 38.1 Å². The highest BCUT2D eigenvalue weighted by Crippen LogP contribution is 2.62. The van der Waals surface area contributed by atoms with Gasteiger partial charge in [-0.05, 0) is 61.3 Å². The van der Waals surface area contributed by atoms with Gasteiger partial charge in [0.05, 0.1) is 18.8 Å². The summed E-state index contributed by atoms with van der Waals surface area (Å²) in [7, 11) is 0. The maximum atomic E-state index is 13.0. The minimum atomic E-state index is -0.390. The van der Waals surface area contributed by atoms with E-state index in [0.717, 1.165) is 58.0 Å². The summed E-state index contributed by atoms with van der Waals surface area (Å²) in [6, 6.07) is 10.4. The molecule has 5 rings (SSSR count). The number of hydrogen-bond acceptors (Lipinski definition) is 4. The van der Waals surface area contributed by atoms with Crippen LogP contribution in [0.5, 0.6) is 0 Å². The Labute approximate surface area is 192 Å². The molecule has 5 nitrogen and oxygen atoms in total. The van der Waals surface area contributed by atoms with E-state index in [0.29, 0.717) is 18.9 Å². The van der Waals surface area contributed by atoms with Crippen LogP contribution in [0.25, 0.3) is 0 Å². The zero-order chi connectivity index (χ0) is 22.3. The van der Waals surface area contributed by atoms with Crippen molar-refractivity contribution >= 4 is 5.91 Å². The number of benzene rings is 1. The van der Waals surface area contributed by atoms with Gasteiger partial charge >= 0.3 is 0 Å². The third-order valence-corrected chi connectivity index (χ3v) is 9.33. The summed E-state index contributed by atoms with van der Waals surface area (Å²) in [6.45, 7) is 7.12. The van der Waals surface area contributed by atoms with Crippen molar-refractivity contribution in [2.24, 2.45) is 22.7 Å². The van der Waals surface area contributed by atoms with Gasteiger partial charge in [0.2, 0.25) is 5.91 Å². The Morgan fingerprint density at radius 1 is 1.09 bits per heavy atom. The van der Waals surface area contributed by atoms with Crippen LogP contribution >= 0.6 is 0 Å². The van der Waals surface area contributed by atoms with Crippen LogP contribution in [-0.4, -0.2) is 54.1 Å². The van der Waals surface area contributed by atoms with Gasteiger partial charge in [-0.2, -0.15) is 0 Å². The molecule has 1 amide bonds. The number of hydrogen-bond donors (Lipinski definition) is 1. The third kappa shape index (κ3) is 3.91. The summed E-state index contributed by atoms with van der Waals surface area (Å²) in [4.78, 5) is 15.0. The van der Waals surface area contributed by atoms with E-state index in [9.17, 15) is 9.90 Å². The van der Waals surface area contributed by atoms with Crippen LogP contribution in [0.15, 0.2) is 30.3 Å². The lowest BCUT2D eigenvalue weighted by Crippen LogP contribution is -2.63. The molecule has 1 aromatic carbocycles. The van der Waals surface area contributed by atoms with Crippen LogP contribution in [0.2, 0.25) is 0 Å². The number of ether oxygens (including phenoxy) is 2. The normalized spacial score (nSPS) is 41.7. The molecule has 4 aliphatic rings. The van der Waals surface area contributed by atoms with Crippen molar-refractivity contribution in [3.63, 3.8) is 0 Å². The molecule has 1 N–H and O–H groups in total. The lowest BCUT2D eigenvalue weighted by atomic mass is 9.46. The summed E-state index contributed by atoms with van der Waals surface area (Å²) in [6.07, 6.45) is 6.80. The Balaban J connectivity index is 1.31. The fourth-order valence-corrected chi connectivity index (χ4v) is 7.48. The molecule has 2 aliphatic heterocycles. The van der Waals surface area contributed by atoms with Crippen molar-refractivity contribution in [3.8, 4) is 0 Å². The highest BCUT2D eigenvalue weighted by Gasteiger charge is 2.61. The van der Waals surface area contributed by atoms with Crippen molar-refractivity contribution in [1.82, 2.24) is 4.90 Å². The molecular formula is C27H39NO4. The smallest absolute Gasteiger partial charge is 0.222 e. The average molecular weight is 442 g/mol. The highest BCUT2D eigenvalue weighted by molar-refractivity contribution is 5.76. The lowest BCUT2D eigenvalue weighted by molar-refractivity contribution is -0.308. The number of rotatable bonds is 4. The van der Waals surface area contributed by atoms with Gasteiger partial charge in [-0.1, -0.05) is 44.2 Å². The first-order chi connectivity index (χ1) is 15.4. The fraction of sp³-hybridized carbons (Fsp3) is 0.741. The van der Waals surface area contributed by atoms with Crippen LogP contribution in [-0.2, 0) is 20.7 Å². The van der Waals surface area contributed by atoms with E-state index in [1.165, 1.54) is 5.56 Å². The summed E-state index contributed by atoms with van der Waals surface area (Å²) in [5.41, 5.74) is 1.11. The third-order valence-electron chi connectivity index (χ3n) is 9.33. The van der Waals surface area contributed by atoms with Gasteiger partial charge in [0.1, 0.15) is 0 Å². The molecular weight excluding hydrogens is 402 g/mol. The number of carbonyl (C=O) groups excluding carboxylic acids is 1. The summed E-state index contributed by atoms with van der Waals surface area (Å²) >= 11 is 0. The summed E-state index contributed by atoms with van der Waals surface area (Å²) in [5, 5.41) is 11.0. The first kappa shape index (κ1) is 22.4. The van der Waals surface area contributed by atoms with Gasteiger partial charge in [0.25, 0.3) is 0 Å². The van der Waals surface area contributed by atoms with E-state index in [1.54, 1.807) is 0 Å². The summed E-state index contributed by atoms with van der Waals surface area (Å²) in [5.74, 6) is 0.653. The highest BCUT2D eigenvalue weighted by atomic mass is 16.7. The number of carbonyl (C=O) groups is 1. The van der Waals surface area contributed by atoms with Gasteiger partial charge < -0.3 is 19.5 Å². The number of fused-ring (bicyclic) bond motifs is 3. The van der Waals surface area contributed by atoms with Crippen molar-refractivity contribution in [1.29, 1.82) is 0 Å². The fourth-order valence-electron chi connectivity index (χ4n) is 7.48. The first-order valence-corrected chi connectivity index (χ1v) is 12.7. The largest absolute Gasteiger partial charge is 0.393 e. The standard InChI is InChI=1S/C27H39NO4/c1-26-13-12-23-27(2,18-31-25(32-23)16-19-8-4-3-5-9-19)22(26)11-10-21(29)20(26)17-24(30)28-14-6-7-15-28/h3-5,8-9,20-23,25,29H,6-7,10-18H2,1-2H3/t20-,21-,22+,23-,25-,26+,27+/m1/s1. The monoisotopic (exact) mass is 441 g/mol. The zero-order valence-electron chi connectivity index (χ0n) is 19.7. The first-order valence-electron chi connectivity index (χ1n) is 12.7. The van der Waals surface area contributed by atoms with Crippen molar-refractivity contribution < 1.29 is 19.4 Å². The van der Waals surface area contributed by atoms with Gasteiger partial charge in [-0.3, -0.25) is 4.79 Å². The van der Waals surface area contributed by atoms with Crippen LogP contribution in [0.4, 0.5) is 0 Å². The van der Waals surface area contributed by atoms with Crippen molar-refractivity contribution in [2.75, 3.05) is 19.7 Å². The molecule has 0 aromatic heterocycles. The van der Waals surface area contributed by atoms with Crippen LogP contribution in [0.1, 0.15) is 64.4 Å². The second-order valence-electron chi connectivity index (χ2n) is 11.2. The Morgan fingerprint density at radius 3 is 2.59 bits per heavy atom. The maximum Gasteiger partial charge on any atom is 0.222 e. The van der Waals surface area contributed by atoms with Gasteiger partial charge in [0, 0.05) is 31.3 Å². The molecule has 2 aliphatic carbocycles. The predicted molar refractivity (Wildman–Crippen MR) is 123 cm³/mol. The van der Waals surface area contributed by atoms with Crippen LogP contribution < -0.4 is 0 Å². The van der Waals surface area contributed by atoms with Crippen molar-refractivity contribution in [3.05, 3.63) is 35.9 Å². The maximum absolute atomic E-state index is 13.0. The van der Waals surface area contributed by atoms with E-state index in [4.69, 9.17) is 9.47 Å². The molecule has 0 bridgehead atoms. The van der Waals surface area contributed by atoms with E-state index in [1.807, 2.05) is 11.0 Å². The molecule has 2 heterocycles. The molecule has 5 heteroatoms. The number of aliphatic hydroxyl groups is 1. The Hall–Kier alpha value is -1.43. The molecule has 176 valence electrons. The molecule has 32 heavy (non-hydrogen) atoms. The predicted octanol–water partition coefficient (Wildman–Crippen LogP) is 4.18. The SMILES string of the molecule is C[C@@]12CO[C@@H](Cc3ccccc3)O[C@@H]1CC[C@]1(C)[C@@H]2CC[C@@H](O)[C@H]1CC(=O)N1CCCC1. The minimum absolute atomic E-state index is 0.0224. The summed E-state index contributed by atoms with van der Waals surface area (Å²) < 4.78 is 12.9. The van der Waals surface area contributed by atoms with Gasteiger partial charge in [0.15, 0.2) is 6.29 Å². The Morgan fingerprint density at radius 2 is 1.84 bits per heavy atom. The number of aliphatic hydroxyl groups excluding tert-OH is 1.